The Morgan fingerprint density at radius 2 is 2.07 bits per heavy atom. The summed E-state index contributed by atoms with van der Waals surface area (Å²) in [6.07, 6.45) is 0. The first-order valence-corrected chi connectivity index (χ1v) is 5.82. The summed E-state index contributed by atoms with van der Waals surface area (Å²) >= 11 is 2.28. The van der Waals surface area contributed by atoms with Crippen molar-refractivity contribution >= 4 is 22.6 Å². The van der Waals surface area contributed by atoms with Crippen LogP contribution in [0.2, 0.25) is 0 Å². The standard InChI is InChI=1S/C10H14INO2/c1-13-9-4-3-8(6-12-7-11)10(5-9)14-2/h3-5,12H,6-7H2,1-2H3. The average Bonchev–Trinajstić information content (AvgIpc) is 2.26. The molecule has 0 saturated heterocycles. The number of nitrogens with one attached hydrogen (secondary N) is 1. The van der Waals surface area contributed by atoms with Crippen LogP contribution in [-0.4, -0.2) is 18.8 Å². The topological polar surface area (TPSA) is 30.5 Å². The molecule has 0 spiro atoms. The van der Waals surface area contributed by atoms with Gasteiger partial charge in [0.05, 0.1) is 14.2 Å². The molecule has 0 bridgehead atoms. The average molecular weight is 307 g/mol. The molecule has 1 aromatic carbocycles. The molecular formula is C10H14INO2. The third kappa shape index (κ3) is 3.02. The fourth-order valence-electron chi connectivity index (χ4n) is 1.18. The first-order valence-electron chi connectivity index (χ1n) is 4.29. The van der Waals surface area contributed by atoms with Gasteiger partial charge in [0, 0.05) is 22.7 Å². The molecule has 0 aliphatic heterocycles. The zero-order valence-corrected chi connectivity index (χ0v) is 10.5. The molecular weight excluding hydrogens is 293 g/mol. The molecule has 0 unspecified atom stereocenters. The van der Waals surface area contributed by atoms with E-state index in [1.54, 1.807) is 14.2 Å². The van der Waals surface area contributed by atoms with Gasteiger partial charge in [-0.15, -0.1) is 0 Å². The minimum atomic E-state index is 0.816. The number of rotatable bonds is 5. The van der Waals surface area contributed by atoms with Crippen molar-refractivity contribution < 1.29 is 9.47 Å². The molecule has 0 saturated carbocycles. The molecule has 0 radical (unpaired) electrons. The van der Waals surface area contributed by atoms with Crippen molar-refractivity contribution in [3.05, 3.63) is 23.8 Å². The van der Waals surface area contributed by atoms with Gasteiger partial charge >= 0.3 is 0 Å². The molecule has 0 atom stereocenters. The molecule has 14 heavy (non-hydrogen) atoms. The van der Waals surface area contributed by atoms with E-state index in [-0.39, 0.29) is 0 Å². The van der Waals surface area contributed by atoms with Crippen molar-refractivity contribution in [3.8, 4) is 11.5 Å². The van der Waals surface area contributed by atoms with Crippen LogP contribution < -0.4 is 14.8 Å². The first kappa shape index (κ1) is 11.6. The highest BCUT2D eigenvalue weighted by molar-refractivity contribution is 14.1. The smallest absolute Gasteiger partial charge is 0.127 e. The van der Waals surface area contributed by atoms with E-state index in [4.69, 9.17) is 9.47 Å². The van der Waals surface area contributed by atoms with Gasteiger partial charge in [-0.1, -0.05) is 28.7 Å². The minimum absolute atomic E-state index is 0.816. The molecule has 1 aromatic rings. The van der Waals surface area contributed by atoms with Crippen molar-refractivity contribution in [3.63, 3.8) is 0 Å². The second-order valence-electron chi connectivity index (χ2n) is 2.74. The van der Waals surface area contributed by atoms with E-state index < -0.39 is 0 Å². The summed E-state index contributed by atoms with van der Waals surface area (Å²) in [5.41, 5.74) is 1.14. The van der Waals surface area contributed by atoms with E-state index in [0.717, 1.165) is 28.2 Å². The first-order chi connectivity index (χ1) is 6.81. The van der Waals surface area contributed by atoms with E-state index in [0.29, 0.717) is 0 Å². The third-order valence-corrected chi connectivity index (χ3v) is 2.44. The van der Waals surface area contributed by atoms with Crippen molar-refractivity contribution in [2.24, 2.45) is 0 Å². The summed E-state index contributed by atoms with van der Waals surface area (Å²) in [5.74, 6) is 1.68. The maximum absolute atomic E-state index is 5.26. The van der Waals surface area contributed by atoms with E-state index >= 15 is 0 Å². The molecule has 4 heteroatoms. The summed E-state index contributed by atoms with van der Waals surface area (Å²) in [7, 11) is 3.32. The SMILES string of the molecule is COc1ccc(CNCI)c(OC)c1. The summed E-state index contributed by atoms with van der Waals surface area (Å²) in [5, 5.41) is 3.24. The van der Waals surface area contributed by atoms with Crippen LogP contribution in [0.5, 0.6) is 11.5 Å². The lowest BCUT2D eigenvalue weighted by Crippen LogP contribution is -2.10. The van der Waals surface area contributed by atoms with Crippen LogP contribution in [0.4, 0.5) is 0 Å². The molecule has 78 valence electrons. The molecule has 3 nitrogen and oxygen atoms in total. The molecule has 0 aromatic heterocycles. The molecule has 0 amide bonds. The van der Waals surface area contributed by atoms with Crippen LogP contribution in [0.3, 0.4) is 0 Å². The van der Waals surface area contributed by atoms with Crippen LogP contribution in [0, 0.1) is 0 Å². The second-order valence-corrected chi connectivity index (χ2v) is 3.50. The van der Waals surface area contributed by atoms with E-state index in [1.807, 2.05) is 18.2 Å². The van der Waals surface area contributed by atoms with Gasteiger partial charge in [-0.3, -0.25) is 0 Å². The monoisotopic (exact) mass is 307 g/mol. The third-order valence-electron chi connectivity index (χ3n) is 1.90. The highest BCUT2D eigenvalue weighted by atomic mass is 127. The number of hydrogen-bond donors (Lipinski definition) is 1. The quantitative estimate of drug-likeness (QED) is 0.514. The molecule has 0 aliphatic carbocycles. The molecule has 0 fully saturated rings. The van der Waals surface area contributed by atoms with Crippen LogP contribution in [-0.2, 0) is 6.54 Å². The van der Waals surface area contributed by atoms with Crippen LogP contribution >= 0.6 is 22.6 Å². The van der Waals surface area contributed by atoms with Gasteiger partial charge in [-0.2, -0.15) is 0 Å². The highest BCUT2D eigenvalue weighted by Crippen LogP contribution is 2.24. The lowest BCUT2D eigenvalue weighted by atomic mass is 10.2. The Morgan fingerprint density at radius 1 is 1.29 bits per heavy atom. The van der Waals surface area contributed by atoms with Gasteiger partial charge in [0.15, 0.2) is 0 Å². The fourth-order valence-corrected chi connectivity index (χ4v) is 1.45. The Labute approximate surface area is 97.9 Å². The zero-order chi connectivity index (χ0) is 10.4. The molecule has 0 heterocycles. The Balaban J connectivity index is 2.82. The highest BCUT2D eigenvalue weighted by Gasteiger charge is 2.03. The lowest BCUT2D eigenvalue weighted by molar-refractivity contribution is 0.390. The predicted molar refractivity (Wildman–Crippen MR) is 65.3 cm³/mol. The molecule has 1 rings (SSSR count). The predicted octanol–water partition coefficient (Wildman–Crippen LogP) is 2.19. The number of ether oxygens (including phenoxy) is 2. The Hall–Kier alpha value is -0.490. The van der Waals surface area contributed by atoms with Gasteiger partial charge in [-0.25, -0.2) is 0 Å². The van der Waals surface area contributed by atoms with Crippen molar-refractivity contribution in [1.29, 1.82) is 0 Å². The van der Waals surface area contributed by atoms with E-state index in [1.165, 1.54) is 0 Å². The minimum Gasteiger partial charge on any atom is -0.497 e. The lowest BCUT2D eigenvalue weighted by Gasteiger charge is -2.10. The Kier molecular flexibility index (Phi) is 5.03. The van der Waals surface area contributed by atoms with Crippen molar-refractivity contribution in [2.45, 2.75) is 6.54 Å². The molecule has 0 aliphatic rings. The van der Waals surface area contributed by atoms with Gasteiger partial charge in [0.1, 0.15) is 11.5 Å². The largest absolute Gasteiger partial charge is 0.497 e. The van der Waals surface area contributed by atoms with Crippen molar-refractivity contribution in [1.82, 2.24) is 5.32 Å². The van der Waals surface area contributed by atoms with Gasteiger partial charge in [0.2, 0.25) is 0 Å². The maximum Gasteiger partial charge on any atom is 0.127 e. The number of benzene rings is 1. The second kappa shape index (κ2) is 6.08. The van der Waals surface area contributed by atoms with Crippen LogP contribution in [0.15, 0.2) is 18.2 Å². The molecule has 1 N–H and O–H groups in total. The number of methoxy groups -OCH3 is 2. The number of hydrogen-bond acceptors (Lipinski definition) is 3. The normalized spacial score (nSPS) is 9.93. The van der Waals surface area contributed by atoms with E-state index in [9.17, 15) is 0 Å². The Morgan fingerprint density at radius 3 is 2.64 bits per heavy atom. The summed E-state index contributed by atoms with van der Waals surface area (Å²) in [4.78, 5) is 0. The number of alkyl halides is 1. The summed E-state index contributed by atoms with van der Waals surface area (Å²) in [6.45, 7) is 0.816. The van der Waals surface area contributed by atoms with Gasteiger partial charge in [-0.05, 0) is 6.07 Å². The van der Waals surface area contributed by atoms with Gasteiger partial charge in [0.25, 0.3) is 0 Å². The van der Waals surface area contributed by atoms with E-state index in [2.05, 4.69) is 27.9 Å². The fraction of sp³-hybridized carbons (Fsp3) is 0.400. The number of halogens is 1. The van der Waals surface area contributed by atoms with Crippen LogP contribution in [0.1, 0.15) is 5.56 Å². The maximum atomic E-state index is 5.26. The Bertz CT molecular complexity index is 291. The van der Waals surface area contributed by atoms with Crippen LogP contribution in [0.25, 0.3) is 0 Å². The summed E-state index contributed by atoms with van der Waals surface area (Å²) < 4.78 is 11.3. The summed E-state index contributed by atoms with van der Waals surface area (Å²) in [6, 6.07) is 5.84. The van der Waals surface area contributed by atoms with Crippen molar-refractivity contribution in [2.75, 3.05) is 18.8 Å². The van der Waals surface area contributed by atoms with Gasteiger partial charge < -0.3 is 14.8 Å². The zero-order valence-electron chi connectivity index (χ0n) is 8.34.